The molecule has 0 heterocycles. The molecule has 0 atom stereocenters. The molecule has 0 aliphatic carbocycles. The van der Waals surface area contributed by atoms with Crippen molar-refractivity contribution in [3.63, 3.8) is 0 Å². The van der Waals surface area contributed by atoms with Crippen LogP contribution >= 0.6 is 34.8 Å². The minimum Gasteiger partial charge on any atom is -0.0843 e. The zero-order valence-corrected chi connectivity index (χ0v) is 11.6. The number of rotatable bonds is 2. The monoisotopic (exact) mass is 284 g/mol. The predicted molar refractivity (Wildman–Crippen MR) is 75.5 cm³/mol. The van der Waals surface area contributed by atoms with Gasteiger partial charge in [0.25, 0.3) is 0 Å². The summed E-state index contributed by atoms with van der Waals surface area (Å²) >= 11 is 18.3. The second-order valence-electron chi connectivity index (χ2n) is 4.01. The maximum atomic E-state index is 6.21. The van der Waals surface area contributed by atoms with Gasteiger partial charge in [-0.25, -0.2) is 0 Å². The molecule has 0 unspecified atom stereocenters. The Morgan fingerprint density at radius 2 is 1.41 bits per heavy atom. The topological polar surface area (TPSA) is 0 Å². The molecule has 0 aliphatic rings. The number of benzene rings is 2. The van der Waals surface area contributed by atoms with Gasteiger partial charge in [-0.3, -0.25) is 0 Å². The lowest BCUT2D eigenvalue weighted by atomic mass is 10.0. The van der Waals surface area contributed by atoms with Crippen molar-refractivity contribution in [3.8, 4) is 0 Å². The van der Waals surface area contributed by atoms with Gasteiger partial charge in [0, 0.05) is 21.5 Å². The molecule has 0 saturated carbocycles. The molecule has 0 aromatic heterocycles. The van der Waals surface area contributed by atoms with E-state index in [-0.39, 0.29) is 0 Å². The Hall–Kier alpha value is -0.690. The Labute approximate surface area is 116 Å². The molecule has 0 fully saturated rings. The lowest BCUT2D eigenvalue weighted by Crippen LogP contribution is -1.91. The second-order valence-corrected chi connectivity index (χ2v) is 5.26. The predicted octanol–water partition coefficient (Wildman–Crippen LogP) is 5.55. The molecule has 17 heavy (non-hydrogen) atoms. The summed E-state index contributed by atoms with van der Waals surface area (Å²) in [5.74, 6) is 0. The summed E-state index contributed by atoms with van der Waals surface area (Å²) in [5, 5.41) is 2.16. The molecular weight excluding hydrogens is 275 g/mol. The van der Waals surface area contributed by atoms with Crippen LogP contribution in [0.2, 0.25) is 15.1 Å². The summed E-state index contributed by atoms with van der Waals surface area (Å²) in [7, 11) is 0. The zero-order valence-electron chi connectivity index (χ0n) is 9.31. The fourth-order valence-electron chi connectivity index (χ4n) is 1.71. The number of aryl methyl sites for hydroxylation is 1. The van der Waals surface area contributed by atoms with E-state index in [0.29, 0.717) is 10.0 Å². The molecule has 0 spiro atoms. The number of halogens is 3. The zero-order chi connectivity index (χ0) is 12.4. The Morgan fingerprint density at radius 1 is 0.882 bits per heavy atom. The Kier molecular flexibility index (Phi) is 3.98. The van der Waals surface area contributed by atoms with Gasteiger partial charge in [-0.05, 0) is 47.9 Å². The van der Waals surface area contributed by atoms with E-state index in [2.05, 4.69) is 0 Å². The van der Waals surface area contributed by atoms with Crippen molar-refractivity contribution in [1.29, 1.82) is 0 Å². The van der Waals surface area contributed by atoms with Gasteiger partial charge in [-0.1, -0.05) is 46.9 Å². The van der Waals surface area contributed by atoms with E-state index in [1.54, 1.807) is 0 Å². The average Bonchev–Trinajstić information content (AvgIpc) is 2.26. The summed E-state index contributed by atoms with van der Waals surface area (Å²) in [6.07, 6.45) is 0.717. The van der Waals surface area contributed by atoms with Gasteiger partial charge < -0.3 is 0 Å². The Bertz CT molecular complexity index is 507. The molecule has 88 valence electrons. The average molecular weight is 286 g/mol. The highest BCUT2D eigenvalue weighted by Gasteiger charge is 2.07. The highest BCUT2D eigenvalue weighted by atomic mass is 35.5. The van der Waals surface area contributed by atoms with Crippen LogP contribution in [0.5, 0.6) is 0 Å². The van der Waals surface area contributed by atoms with Crippen LogP contribution in [0.1, 0.15) is 16.7 Å². The normalized spacial score (nSPS) is 10.6. The van der Waals surface area contributed by atoms with Crippen molar-refractivity contribution in [1.82, 2.24) is 0 Å². The Balaban J connectivity index is 2.33. The van der Waals surface area contributed by atoms with E-state index in [0.717, 1.165) is 28.1 Å². The fourth-order valence-corrected chi connectivity index (χ4v) is 2.56. The molecule has 0 amide bonds. The highest BCUT2D eigenvalue weighted by molar-refractivity contribution is 6.36. The van der Waals surface area contributed by atoms with E-state index < -0.39 is 0 Å². The third-order valence-electron chi connectivity index (χ3n) is 2.58. The third kappa shape index (κ3) is 3.16. The molecule has 0 bridgehead atoms. The first-order valence-electron chi connectivity index (χ1n) is 5.25. The fraction of sp³-hybridized carbons (Fsp3) is 0.143. The van der Waals surface area contributed by atoms with Gasteiger partial charge in [-0.15, -0.1) is 0 Å². The molecule has 0 saturated heterocycles. The summed E-state index contributed by atoms with van der Waals surface area (Å²) in [6.45, 7) is 1.98. The van der Waals surface area contributed by atoms with Gasteiger partial charge in [0.2, 0.25) is 0 Å². The van der Waals surface area contributed by atoms with E-state index >= 15 is 0 Å². The van der Waals surface area contributed by atoms with Crippen molar-refractivity contribution in [2.24, 2.45) is 0 Å². The van der Waals surface area contributed by atoms with Gasteiger partial charge in [0.05, 0.1) is 0 Å². The smallest absolute Gasteiger partial charge is 0.0458 e. The SMILES string of the molecule is Cc1cc(Cl)c(Cc2ccc(Cl)cc2)c(Cl)c1. The highest BCUT2D eigenvalue weighted by Crippen LogP contribution is 2.28. The van der Waals surface area contributed by atoms with E-state index in [1.807, 2.05) is 43.3 Å². The van der Waals surface area contributed by atoms with Gasteiger partial charge in [-0.2, -0.15) is 0 Å². The number of hydrogen-bond donors (Lipinski definition) is 0. The summed E-state index contributed by atoms with van der Waals surface area (Å²) in [4.78, 5) is 0. The standard InChI is InChI=1S/C14H11Cl3/c1-9-6-13(16)12(14(17)7-9)8-10-2-4-11(15)5-3-10/h2-7H,8H2,1H3. The van der Waals surface area contributed by atoms with Crippen molar-refractivity contribution in [2.75, 3.05) is 0 Å². The minimum atomic E-state index is 0.713. The first-order chi connectivity index (χ1) is 8.06. The molecule has 2 aromatic carbocycles. The molecule has 2 aromatic rings. The molecule has 0 aliphatic heterocycles. The lowest BCUT2D eigenvalue weighted by molar-refractivity contribution is 1.19. The van der Waals surface area contributed by atoms with E-state index in [4.69, 9.17) is 34.8 Å². The van der Waals surface area contributed by atoms with Gasteiger partial charge in [0.15, 0.2) is 0 Å². The first kappa shape index (κ1) is 12.8. The van der Waals surface area contributed by atoms with Gasteiger partial charge in [0.1, 0.15) is 0 Å². The van der Waals surface area contributed by atoms with Crippen molar-refractivity contribution in [3.05, 3.63) is 68.2 Å². The molecular formula is C14H11Cl3. The van der Waals surface area contributed by atoms with Crippen molar-refractivity contribution >= 4 is 34.8 Å². The molecule has 0 nitrogen and oxygen atoms in total. The summed E-state index contributed by atoms with van der Waals surface area (Å²) in [5.41, 5.74) is 3.17. The second kappa shape index (κ2) is 5.30. The van der Waals surface area contributed by atoms with Crippen LogP contribution < -0.4 is 0 Å². The third-order valence-corrected chi connectivity index (χ3v) is 3.51. The summed E-state index contributed by atoms with van der Waals surface area (Å²) in [6, 6.07) is 11.6. The van der Waals surface area contributed by atoms with Crippen LogP contribution in [0.15, 0.2) is 36.4 Å². The van der Waals surface area contributed by atoms with Crippen LogP contribution in [0, 0.1) is 6.92 Å². The Morgan fingerprint density at radius 3 is 1.94 bits per heavy atom. The van der Waals surface area contributed by atoms with Crippen molar-refractivity contribution < 1.29 is 0 Å². The van der Waals surface area contributed by atoms with Crippen LogP contribution in [-0.2, 0) is 6.42 Å². The largest absolute Gasteiger partial charge is 0.0843 e. The summed E-state index contributed by atoms with van der Waals surface area (Å²) < 4.78 is 0. The van der Waals surface area contributed by atoms with Crippen LogP contribution in [0.25, 0.3) is 0 Å². The molecule has 2 rings (SSSR count). The molecule has 0 N–H and O–H groups in total. The molecule has 0 radical (unpaired) electrons. The quantitative estimate of drug-likeness (QED) is 0.679. The first-order valence-corrected chi connectivity index (χ1v) is 6.38. The van der Waals surface area contributed by atoms with Crippen LogP contribution in [-0.4, -0.2) is 0 Å². The van der Waals surface area contributed by atoms with Crippen LogP contribution in [0.3, 0.4) is 0 Å². The van der Waals surface area contributed by atoms with Gasteiger partial charge >= 0.3 is 0 Å². The number of hydrogen-bond acceptors (Lipinski definition) is 0. The van der Waals surface area contributed by atoms with Crippen molar-refractivity contribution in [2.45, 2.75) is 13.3 Å². The maximum Gasteiger partial charge on any atom is 0.0458 e. The van der Waals surface area contributed by atoms with E-state index in [1.165, 1.54) is 0 Å². The maximum absolute atomic E-state index is 6.21. The lowest BCUT2D eigenvalue weighted by Gasteiger charge is -2.08. The molecule has 3 heteroatoms. The van der Waals surface area contributed by atoms with E-state index in [9.17, 15) is 0 Å². The van der Waals surface area contributed by atoms with Crippen LogP contribution in [0.4, 0.5) is 0 Å². The minimum absolute atomic E-state index is 0.713.